The van der Waals surface area contributed by atoms with E-state index in [1.54, 1.807) is 10.6 Å². The van der Waals surface area contributed by atoms with E-state index in [2.05, 4.69) is 113 Å². The predicted octanol–water partition coefficient (Wildman–Crippen LogP) is 7.71. The molecule has 8 aliphatic rings. The molecule has 8 bridgehead atoms. The van der Waals surface area contributed by atoms with Gasteiger partial charge >= 0.3 is 0 Å². The molecular formula is C34H38P2. The van der Waals surface area contributed by atoms with Gasteiger partial charge < -0.3 is 0 Å². The molecule has 0 saturated heterocycles. The zero-order chi connectivity index (χ0) is 25.4. The van der Waals surface area contributed by atoms with E-state index < -0.39 is 0 Å². The van der Waals surface area contributed by atoms with E-state index in [0.29, 0.717) is 0 Å². The zero-order valence-corrected chi connectivity index (χ0v) is 24.4. The van der Waals surface area contributed by atoms with Crippen molar-refractivity contribution in [1.29, 1.82) is 0 Å². The second-order valence-corrected chi connectivity index (χ2v) is 15.5. The van der Waals surface area contributed by atoms with Gasteiger partial charge in [0, 0.05) is 0 Å². The fourth-order valence-corrected chi connectivity index (χ4v) is 7.89. The molecule has 36 heavy (non-hydrogen) atoms. The topological polar surface area (TPSA) is 0 Å². The SMILES string of the molecule is Cc1cc2ccc1Cc1ccc(c(P(C)C)c1)C2.Cc1cc2ccc1Cc1ccc(c(P(C)C)c1)C2. The average molecular weight is 509 g/mol. The first kappa shape index (κ1) is 25.4. The van der Waals surface area contributed by atoms with E-state index in [1.807, 2.05) is 0 Å². The van der Waals surface area contributed by atoms with Crippen LogP contribution in [0.5, 0.6) is 0 Å². The third-order valence-electron chi connectivity index (χ3n) is 7.66. The van der Waals surface area contributed by atoms with Crippen molar-refractivity contribution in [1.82, 2.24) is 0 Å². The summed E-state index contributed by atoms with van der Waals surface area (Å²) >= 11 is 0. The van der Waals surface area contributed by atoms with Crippen molar-refractivity contribution in [2.75, 3.05) is 26.7 Å². The van der Waals surface area contributed by atoms with Gasteiger partial charge in [-0.1, -0.05) is 88.6 Å². The Morgan fingerprint density at radius 1 is 0.417 bits per heavy atom. The van der Waals surface area contributed by atoms with Gasteiger partial charge in [-0.25, -0.2) is 0 Å². The average Bonchev–Trinajstić information content (AvgIpc) is 2.86. The molecule has 0 radical (unpaired) electrons. The molecule has 4 aromatic rings. The molecule has 0 fully saturated rings. The lowest BCUT2D eigenvalue weighted by molar-refractivity contribution is 1.10. The van der Waals surface area contributed by atoms with Crippen LogP contribution in [-0.4, -0.2) is 26.7 Å². The standard InChI is InChI=1S/2C17H19P/c2*1-12-8-13-4-6-15(12)9-14-5-7-16(10-13)17(11-14)18(2)3/h2*4-8,11H,9-10H2,1-3H3. The zero-order valence-electron chi connectivity index (χ0n) is 22.7. The minimum absolute atomic E-state index is 0.0184. The molecule has 8 aliphatic carbocycles. The Morgan fingerprint density at radius 3 is 1.06 bits per heavy atom. The highest BCUT2D eigenvalue weighted by atomic mass is 31.1. The van der Waals surface area contributed by atoms with Gasteiger partial charge in [-0.2, -0.15) is 0 Å². The van der Waals surface area contributed by atoms with Gasteiger partial charge in [0.1, 0.15) is 0 Å². The maximum absolute atomic E-state index is 2.44. The van der Waals surface area contributed by atoms with Crippen molar-refractivity contribution in [2.24, 2.45) is 0 Å². The molecule has 0 atom stereocenters. The van der Waals surface area contributed by atoms with E-state index in [0.717, 1.165) is 25.7 Å². The molecule has 4 aromatic carbocycles. The Labute approximate surface area is 220 Å². The lowest BCUT2D eigenvalue weighted by Crippen LogP contribution is -2.12. The maximum Gasteiger partial charge on any atom is -0.00193 e. The van der Waals surface area contributed by atoms with Gasteiger partial charge in [0.2, 0.25) is 0 Å². The van der Waals surface area contributed by atoms with Crippen LogP contribution in [0.1, 0.15) is 55.6 Å². The molecule has 0 aliphatic heterocycles. The minimum atomic E-state index is -0.0184. The highest BCUT2D eigenvalue weighted by Gasteiger charge is 2.14. The quantitative estimate of drug-likeness (QED) is 0.210. The van der Waals surface area contributed by atoms with Crippen LogP contribution < -0.4 is 10.6 Å². The molecule has 12 rings (SSSR count). The summed E-state index contributed by atoms with van der Waals surface area (Å²) in [5.74, 6) is 0. The van der Waals surface area contributed by atoms with E-state index in [4.69, 9.17) is 0 Å². The summed E-state index contributed by atoms with van der Waals surface area (Å²) in [7, 11) is -0.0369. The third-order valence-corrected chi connectivity index (χ3v) is 10.4. The van der Waals surface area contributed by atoms with Crippen molar-refractivity contribution in [3.05, 3.63) is 128 Å². The van der Waals surface area contributed by atoms with Gasteiger partial charge in [-0.3, -0.25) is 0 Å². The molecule has 0 spiro atoms. The van der Waals surface area contributed by atoms with Gasteiger partial charge in [0.15, 0.2) is 0 Å². The Balaban J connectivity index is 0.000000148. The Hall–Kier alpha value is -2.26. The van der Waals surface area contributed by atoms with Crippen LogP contribution in [0, 0.1) is 13.8 Å². The molecule has 0 heterocycles. The molecule has 0 amide bonds. The van der Waals surface area contributed by atoms with E-state index in [-0.39, 0.29) is 15.8 Å². The number of hydrogen-bond acceptors (Lipinski definition) is 0. The van der Waals surface area contributed by atoms with Crippen molar-refractivity contribution < 1.29 is 0 Å². The number of rotatable bonds is 2. The summed E-state index contributed by atoms with van der Waals surface area (Å²) in [6.45, 7) is 13.9. The summed E-state index contributed by atoms with van der Waals surface area (Å²) in [4.78, 5) is 0. The first-order valence-electron chi connectivity index (χ1n) is 13.0. The highest BCUT2D eigenvalue weighted by Crippen LogP contribution is 2.31. The van der Waals surface area contributed by atoms with Gasteiger partial charge in [-0.05, 0) is 132 Å². The second kappa shape index (κ2) is 10.6. The van der Waals surface area contributed by atoms with E-state index in [1.165, 1.54) is 55.6 Å². The van der Waals surface area contributed by atoms with E-state index in [9.17, 15) is 0 Å². The van der Waals surface area contributed by atoms with Crippen molar-refractivity contribution in [2.45, 2.75) is 39.5 Å². The van der Waals surface area contributed by atoms with E-state index >= 15 is 0 Å². The molecule has 0 saturated carbocycles. The van der Waals surface area contributed by atoms with Gasteiger partial charge in [0.25, 0.3) is 0 Å². The molecule has 0 aromatic heterocycles. The number of benzene rings is 4. The molecular weight excluding hydrogens is 470 g/mol. The molecule has 2 heteroatoms. The summed E-state index contributed by atoms with van der Waals surface area (Å²) in [5, 5.41) is 3.17. The van der Waals surface area contributed by atoms with Crippen LogP contribution in [0.2, 0.25) is 0 Å². The Kier molecular flexibility index (Phi) is 7.49. The number of hydrogen-bond donors (Lipinski definition) is 0. The van der Waals surface area contributed by atoms with Crippen LogP contribution in [0.3, 0.4) is 0 Å². The monoisotopic (exact) mass is 508 g/mol. The normalized spacial score (nSPS) is 13.3. The Bertz CT molecular complexity index is 1300. The highest BCUT2D eigenvalue weighted by molar-refractivity contribution is 7.64. The molecule has 0 unspecified atom stereocenters. The van der Waals surface area contributed by atoms with Crippen LogP contribution in [0.4, 0.5) is 0 Å². The molecule has 0 N–H and O–H groups in total. The molecule has 0 nitrogen and oxygen atoms in total. The smallest absolute Gasteiger partial charge is 0.00193 e. The van der Waals surface area contributed by atoms with Crippen molar-refractivity contribution >= 4 is 26.5 Å². The minimum Gasteiger partial charge on any atom is -0.0814 e. The molecule has 184 valence electrons. The fourth-order valence-electron chi connectivity index (χ4n) is 5.58. The van der Waals surface area contributed by atoms with Gasteiger partial charge in [0.05, 0.1) is 0 Å². The fraction of sp³-hybridized carbons (Fsp3) is 0.294. The summed E-state index contributed by atoms with van der Waals surface area (Å²) in [6.07, 6.45) is 4.31. The lowest BCUT2D eigenvalue weighted by Gasteiger charge is -2.19. The first-order chi connectivity index (χ1) is 17.3. The first-order valence-corrected chi connectivity index (χ1v) is 17.5. The maximum atomic E-state index is 2.44. The lowest BCUT2D eigenvalue weighted by atomic mass is 9.93. The summed E-state index contributed by atoms with van der Waals surface area (Å²) in [5.41, 5.74) is 14.7. The second-order valence-electron chi connectivity index (χ2n) is 10.9. The third kappa shape index (κ3) is 5.52. The van der Waals surface area contributed by atoms with Gasteiger partial charge in [-0.15, -0.1) is 0 Å². The van der Waals surface area contributed by atoms with Crippen molar-refractivity contribution in [3.8, 4) is 0 Å². The largest absolute Gasteiger partial charge is 0.0814 e. The summed E-state index contributed by atoms with van der Waals surface area (Å²) < 4.78 is 0. The van der Waals surface area contributed by atoms with Crippen LogP contribution in [0.15, 0.2) is 72.8 Å². The number of aryl methyl sites for hydroxylation is 2. The van der Waals surface area contributed by atoms with Crippen molar-refractivity contribution in [3.63, 3.8) is 0 Å². The summed E-state index contributed by atoms with van der Waals surface area (Å²) in [6, 6.07) is 28.1. The predicted molar refractivity (Wildman–Crippen MR) is 163 cm³/mol. The van der Waals surface area contributed by atoms with Crippen LogP contribution in [-0.2, 0) is 25.7 Å². The van der Waals surface area contributed by atoms with Crippen LogP contribution >= 0.6 is 15.8 Å². The van der Waals surface area contributed by atoms with Crippen LogP contribution in [0.25, 0.3) is 0 Å². The Morgan fingerprint density at radius 2 is 0.722 bits per heavy atom.